The van der Waals surface area contributed by atoms with E-state index in [4.69, 9.17) is 0 Å². The standard InChI is InChI=1S/C54H44S2/c1-53(2,3)37-27-23-33(24-28-37)47-41-19-11-13-21-45(41)55-51(47)49-39-17-9-10-18-40(39)50(44-32-36-16-8-7-15-35(36)31-43(44)49)52-48(42-20-12-14-22-46(42)56-52)34-25-29-38(30-26-34)54(4,5)6/h7-32H,1-6H3. The lowest BCUT2D eigenvalue weighted by molar-refractivity contribution is 0.590. The summed E-state index contributed by atoms with van der Waals surface area (Å²) in [4.78, 5) is 2.65. The summed E-state index contributed by atoms with van der Waals surface area (Å²) in [6.45, 7) is 13.8. The van der Waals surface area contributed by atoms with E-state index < -0.39 is 0 Å². The Kier molecular flexibility index (Phi) is 8.12. The highest BCUT2D eigenvalue weighted by Crippen LogP contribution is 2.55. The molecule has 0 aliphatic carbocycles. The first-order valence-electron chi connectivity index (χ1n) is 19.7. The van der Waals surface area contributed by atoms with Gasteiger partial charge in [-0.2, -0.15) is 0 Å². The van der Waals surface area contributed by atoms with Crippen molar-refractivity contribution in [3.63, 3.8) is 0 Å². The van der Waals surface area contributed by atoms with Crippen LogP contribution in [0.1, 0.15) is 52.7 Å². The summed E-state index contributed by atoms with van der Waals surface area (Å²) in [5.41, 5.74) is 10.7. The van der Waals surface area contributed by atoms with Gasteiger partial charge in [0.2, 0.25) is 0 Å². The van der Waals surface area contributed by atoms with E-state index in [0.29, 0.717) is 0 Å². The van der Waals surface area contributed by atoms with E-state index in [2.05, 4.69) is 199 Å². The molecular weight excluding hydrogens is 713 g/mol. The van der Waals surface area contributed by atoms with Crippen LogP contribution >= 0.6 is 22.7 Å². The molecule has 0 N–H and O–H groups in total. The Labute approximate surface area is 337 Å². The molecule has 8 aromatic carbocycles. The Morgan fingerprint density at radius 3 is 1.04 bits per heavy atom. The van der Waals surface area contributed by atoms with Crippen LogP contribution in [0.4, 0.5) is 0 Å². The topological polar surface area (TPSA) is 0 Å². The normalized spacial score (nSPS) is 12.5. The van der Waals surface area contributed by atoms with Gasteiger partial charge in [-0.15, -0.1) is 22.7 Å². The van der Waals surface area contributed by atoms with Crippen molar-refractivity contribution in [2.75, 3.05) is 0 Å². The Hall–Kier alpha value is -5.54. The largest absolute Gasteiger partial charge is 0.134 e. The quantitative estimate of drug-likeness (QED) is 0.157. The summed E-state index contributed by atoms with van der Waals surface area (Å²) in [6.07, 6.45) is 0. The molecule has 0 aliphatic heterocycles. The van der Waals surface area contributed by atoms with Crippen LogP contribution in [0.3, 0.4) is 0 Å². The summed E-state index contributed by atoms with van der Waals surface area (Å²) >= 11 is 3.86. The first-order chi connectivity index (χ1) is 27.0. The summed E-state index contributed by atoms with van der Waals surface area (Å²) in [6, 6.07) is 59.7. The predicted octanol–water partition coefficient (Wildman–Crippen LogP) is 16.8. The molecule has 10 aromatic rings. The molecule has 0 spiro atoms. The Morgan fingerprint density at radius 1 is 0.321 bits per heavy atom. The van der Waals surface area contributed by atoms with Crippen LogP contribution in [-0.4, -0.2) is 0 Å². The van der Waals surface area contributed by atoms with Gasteiger partial charge in [0.25, 0.3) is 0 Å². The SMILES string of the molecule is CC(C)(C)c1ccc(-c2c(-c3c4ccccc4c(-c4sc5ccccc5c4-c4ccc(C(C)(C)C)cc4)c4cc5ccccc5cc34)sc3ccccc23)cc1. The maximum Gasteiger partial charge on any atom is 0.0446 e. The van der Waals surface area contributed by atoms with E-state index in [1.54, 1.807) is 0 Å². The fourth-order valence-electron chi connectivity index (χ4n) is 8.64. The van der Waals surface area contributed by atoms with Gasteiger partial charge in [0, 0.05) is 52.2 Å². The average molecular weight is 757 g/mol. The summed E-state index contributed by atoms with van der Waals surface area (Å²) in [7, 11) is 0. The molecule has 56 heavy (non-hydrogen) atoms. The van der Waals surface area contributed by atoms with Crippen LogP contribution in [0.2, 0.25) is 0 Å². The zero-order valence-corrected chi connectivity index (χ0v) is 34.5. The van der Waals surface area contributed by atoms with Gasteiger partial charge in [-0.05, 0) is 89.7 Å². The number of benzene rings is 8. The molecule has 0 saturated carbocycles. The number of fused-ring (bicyclic) bond motifs is 5. The molecule has 0 nitrogen and oxygen atoms in total. The van der Waals surface area contributed by atoms with Crippen molar-refractivity contribution < 1.29 is 0 Å². The minimum absolute atomic E-state index is 0.0848. The van der Waals surface area contributed by atoms with Crippen molar-refractivity contribution in [2.45, 2.75) is 52.4 Å². The van der Waals surface area contributed by atoms with E-state index in [0.717, 1.165) is 0 Å². The second kappa shape index (κ2) is 13.0. The highest BCUT2D eigenvalue weighted by Gasteiger charge is 2.26. The number of hydrogen-bond acceptors (Lipinski definition) is 2. The molecule has 0 radical (unpaired) electrons. The number of hydrogen-bond donors (Lipinski definition) is 0. The third kappa shape index (κ3) is 5.69. The third-order valence-electron chi connectivity index (χ3n) is 11.6. The van der Waals surface area contributed by atoms with E-state index >= 15 is 0 Å². The molecule has 0 fully saturated rings. The second-order valence-electron chi connectivity index (χ2n) is 17.3. The number of thiophene rings is 2. The molecule has 272 valence electrons. The molecule has 2 heterocycles. The molecule has 0 bridgehead atoms. The van der Waals surface area contributed by atoms with Gasteiger partial charge in [-0.1, -0.05) is 175 Å². The second-order valence-corrected chi connectivity index (χ2v) is 19.4. The lowest BCUT2D eigenvalue weighted by Crippen LogP contribution is -2.10. The van der Waals surface area contributed by atoms with Gasteiger partial charge in [0.1, 0.15) is 0 Å². The fourth-order valence-corrected chi connectivity index (χ4v) is 11.2. The Bertz CT molecular complexity index is 2910. The van der Waals surface area contributed by atoms with Gasteiger partial charge in [0.15, 0.2) is 0 Å². The Morgan fingerprint density at radius 2 is 0.661 bits per heavy atom. The van der Waals surface area contributed by atoms with Crippen LogP contribution in [0.15, 0.2) is 158 Å². The van der Waals surface area contributed by atoms with Crippen molar-refractivity contribution >= 4 is 75.2 Å². The van der Waals surface area contributed by atoms with E-state index in [-0.39, 0.29) is 10.8 Å². The lowest BCUT2D eigenvalue weighted by atomic mass is 9.84. The van der Waals surface area contributed by atoms with Gasteiger partial charge in [0.05, 0.1) is 0 Å². The smallest absolute Gasteiger partial charge is 0.0446 e. The van der Waals surface area contributed by atoms with Crippen molar-refractivity contribution in [3.05, 3.63) is 169 Å². The van der Waals surface area contributed by atoms with E-state index in [9.17, 15) is 0 Å². The first-order valence-corrected chi connectivity index (χ1v) is 21.3. The minimum atomic E-state index is 0.0848. The van der Waals surface area contributed by atoms with Crippen LogP contribution in [0, 0.1) is 0 Å². The highest BCUT2D eigenvalue weighted by atomic mass is 32.1. The average Bonchev–Trinajstić information content (AvgIpc) is 3.77. The van der Waals surface area contributed by atoms with Crippen molar-refractivity contribution in [1.29, 1.82) is 0 Å². The van der Waals surface area contributed by atoms with Gasteiger partial charge < -0.3 is 0 Å². The molecule has 10 rings (SSSR count). The zero-order chi connectivity index (χ0) is 38.3. The van der Waals surface area contributed by atoms with Crippen LogP contribution in [0.25, 0.3) is 95.6 Å². The molecule has 0 amide bonds. The highest BCUT2D eigenvalue weighted by molar-refractivity contribution is 7.23. The molecule has 2 aromatic heterocycles. The lowest BCUT2D eigenvalue weighted by Gasteiger charge is -2.21. The maximum absolute atomic E-state index is 2.47. The predicted molar refractivity (Wildman–Crippen MR) is 249 cm³/mol. The molecule has 0 atom stereocenters. The van der Waals surface area contributed by atoms with Crippen molar-refractivity contribution in [1.82, 2.24) is 0 Å². The van der Waals surface area contributed by atoms with Crippen molar-refractivity contribution in [3.8, 4) is 43.1 Å². The maximum atomic E-state index is 2.47. The van der Waals surface area contributed by atoms with Crippen LogP contribution in [-0.2, 0) is 10.8 Å². The van der Waals surface area contributed by atoms with Crippen LogP contribution in [0.5, 0.6) is 0 Å². The monoisotopic (exact) mass is 756 g/mol. The minimum Gasteiger partial charge on any atom is -0.134 e. The van der Waals surface area contributed by atoms with Gasteiger partial charge in [-0.3, -0.25) is 0 Å². The molecule has 0 saturated heterocycles. The number of rotatable bonds is 4. The summed E-state index contributed by atoms with van der Waals surface area (Å²) < 4.78 is 2.62. The van der Waals surface area contributed by atoms with Gasteiger partial charge >= 0.3 is 0 Å². The third-order valence-corrected chi connectivity index (χ3v) is 14.0. The molecule has 0 aliphatic rings. The molecule has 2 heteroatoms. The first kappa shape index (κ1) is 34.9. The van der Waals surface area contributed by atoms with Crippen molar-refractivity contribution in [2.24, 2.45) is 0 Å². The van der Waals surface area contributed by atoms with Gasteiger partial charge in [-0.25, -0.2) is 0 Å². The van der Waals surface area contributed by atoms with E-state index in [1.165, 1.54) is 107 Å². The Balaban J connectivity index is 1.34. The van der Waals surface area contributed by atoms with E-state index in [1.807, 2.05) is 22.7 Å². The zero-order valence-electron chi connectivity index (χ0n) is 32.8. The molecule has 0 unspecified atom stereocenters. The summed E-state index contributed by atoms with van der Waals surface area (Å²) in [5.74, 6) is 0. The van der Waals surface area contributed by atoms with Crippen LogP contribution < -0.4 is 0 Å². The molecular formula is C54H44S2. The summed E-state index contributed by atoms with van der Waals surface area (Å²) in [5, 5.41) is 10.3. The fraction of sp³-hybridized carbons (Fsp3) is 0.148.